The summed E-state index contributed by atoms with van der Waals surface area (Å²) in [6.07, 6.45) is 6.57. The van der Waals surface area contributed by atoms with E-state index in [1.807, 2.05) is 47.9 Å². The first-order chi connectivity index (χ1) is 10.7. The second-order valence-electron chi connectivity index (χ2n) is 5.20. The van der Waals surface area contributed by atoms with Crippen LogP contribution < -0.4 is 5.32 Å². The molecule has 0 aliphatic heterocycles. The maximum Gasteiger partial charge on any atom is 0.220 e. The minimum Gasteiger partial charge on any atom is -0.352 e. The van der Waals surface area contributed by atoms with E-state index < -0.39 is 0 Å². The molecule has 0 spiro atoms. The Bertz CT molecular complexity index is 780. The van der Waals surface area contributed by atoms with Crippen LogP contribution in [0.15, 0.2) is 48.9 Å². The molecular weight excluding hydrogens is 276 g/mol. The largest absolute Gasteiger partial charge is 0.352 e. The number of nitrogens with one attached hydrogen (secondary N) is 1. The zero-order valence-electron chi connectivity index (χ0n) is 12.5. The average molecular weight is 294 g/mol. The first kappa shape index (κ1) is 14.3. The fourth-order valence-electron chi connectivity index (χ4n) is 2.49. The van der Waals surface area contributed by atoms with Gasteiger partial charge >= 0.3 is 0 Å². The van der Waals surface area contributed by atoms with E-state index in [0.717, 1.165) is 22.6 Å². The molecule has 1 N–H and O–H groups in total. The van der Waals surface area contributed by atoms with Crippen LogP contribution in [0.3, 0.4) is 0 Å². The van der Waals surface area contributed by atoms with Crippen LogP contribution in [-0.2, 0) is 17.8 Å². The molecule has 5 heteroatoms. The van der Waals surface area contributed by atoms with E-state index in [-0.39, 0.29) is 5.91 Å². The summed E-state index contributed by atoms with van der Waals surface area (Å²) in [6.45, 7) is 2.52. The van der Waals surface area contributed by atoms with Crippen LogP contribution in [-0.4, -0.2) is 20.3 Å². The van der Waals surface area contributed by atoms with Gasteiger partial charge in [-0.1, -0.05) is 6.07 Å². The predicted octanol–water partition coefficient (Wildman–Crippen LogP) is 2.29. The third-order valence-corrected chi connectivity index (χ3v) is 3.66. The van der Waals surface area contributed by atoms with Crippen LogP contribution in [0.25, 0.3) is 5.65 Å². The molecule has 0 aromatic carbocycles. The van der Waals surface area contributed by atoms with E-state index in [9.17, 15) is 4.79 Å². The fraction of sp³-hybridized carbons (Fsp3) is 0.235. The van der Waals surface area contributed by atoms with Gasteiger partial charge in [-0.15, -0.1) is 0 Å². The molecule has 0 atom stereocenters. The Hall–Kier alpha value is -2.69. The molecule has 0 saturated heterocycles. The molecule has 0 fully saturated rings. The van der Waals surface area contributed by atoms with Crippen molar-refractivity contribution in [2.45, 2.75) is 26.3 Å². The molecule has 0 saturated carbocycles. The van der Waals surface area contributed by atoms with Gasteiger partial charge in [0.2, 0.25) is 5.91 Å². The van der Waals surface area contributed by atoms with Gasteiger partial charge in [-0.3, -0.25) is 9.78 Å². The van der Waals surface area contributed by atoms with Crippen molar-refractivity contribution in [1.29, 1.82) is 0 Å². The summed E-state index contributed by atoms with van der Waals surface area (Å²) >= 11 is 0. The van der Waals surface area contributed by atoms with Crippen molar-refractivity contribution in [2.24, 2.45) is 0 Å². The van der Waals surface area contributed by atoms with Crippen LogP contribution in [0.2, 0.25) is 0 Å². The summed E-state index contributed by atoms with van der Waals surface area (Å²) in [6, 6.07) is 9.71. The standard InChI is InChI=1S/C17H18N4O/c1-13-15(21-11-3-2-4-16(21)20-13)5-6-17(22)19-12-14-7-9-18-10-8-14/h2-4,7-11H,5-6,12H2,1H3,(H,19,22). The number of hydrogen-bond acceptors (Lipinski definition) is 3. The number of imidazole rings is 1. The summed E-state index contributed by atoms with van der Waals surface area (Å²) in [5.74, 6) is 0.0436. The van der Waals surface area contributed by atoms with Crippen molar-refractivity contribution in [3.05, 3.63) is 65.9 Å². The zero-order chi connectivity index (χ0) is 15.4. The number of carbonyl (C=O) groups excluding carboxylic acids is 1. The zero-order valence-corrected chi connectivity index (χ0v) is 12.5. The van der Waals surface area contributed by atoms with Gasteiger partial charge in [-0.25, -0.2) is 4.98 Å². The molecule has 112 valence electrons. The number of rotatable bonds is 5. The molecule has 0 radical (unpaired) electrons. The number of nitrogens with zero attached hydrogens (tertiary/aromatic N) is 3. The lowest BCUT2D eigenvalue weighted by atomic mass is 10.2. The summed E-state index contributed by atoms with van der Waals surface area (Å²) in [7, 11) is 0. The third-order valence-electron chi connectivity index (χ3n) is 3.66. The lowest BCUT2D eigenvalue weighted by molar-refractivity contribution is -0.121. The number of fused-ring (bicyclic) bond motifs is 1. The third kappa shape index (κ3) is 3.14. The van der Waals surface area contributed by atoms with Crippen LogP contribution in [0.4, 0.5) is 0 Å². The van der Waals surface area contributed by atoms with E-state index in [1.54, 1.807) is 12.4 Å². The smallest absolute Gasteiger partial charge is 0.220 e. The highest BCUT2D eigenvalue weighted by Gasteiger charge is 2.10. The summed E-state index contributed by atoms with van der Waals surface area (Å²) in [4.78, 5) is 20.5. The number of aryl methyl sites for hydroxylation is 2. The summed E-state index contributed by atoms with van der Waals surface area (Å²) in [5.41, 5.74) is 4.05. The van der Waals surface area contributed by atoms with Gasteiger partial charge in [-0.05, 0) is 43.2 Å². The van der Waals surface area contributed by atoms with Gasteiger partial charge in [0.05, 0.1) is 5.69 Å². The van der Waals surface area contributed by atoms with Gasteiger partial charge in [0.1, 0.15) is 5.65 Å². The van der Waals surface area contributed by atoms with Crippen LogP contribution in [0.5, 0.6) is 0 Å². The Balaban J connectivity index is 1.59. The highest BCUT2D eigenvalue weighted by atomic mass is 16.1. The molecule has 0 bridgehead atoms. The minimum atomic E-state index is 0.0436. The Morgan fingerprint density at radius 1 is 1.23 bits per heavy atom. The molecule has 0 aliphatic rings. The number of carbonyl (C=O) groups is 1. The van der Waals surface area contributed by atoms with Crippen molar-refractivity contribution < 1.29 is 4.79 Å². The van der Waals surface area contributed by atoms with Crippen molar-refractivity contribution in [3.8, 4) is 0 Å². The quantitative estimate of drug-likeness (QED) is 0.785. The number of amides is 1. The van der Waals surface area contributed by atoms with Crippen LogP contribution >= 0.6 is 0 Å². The fourth-order valence-corrected chi connectivity index (χ4v) is 2.49. The topological polar surface area (TPSA) is 59.3 Å². The number of pyridine rings is 2. The lowest BCUT2D eigenvalue weighted by Crippen LogP contribution is -2.23. The van der Waals surface area contributed by atoms with E-state index >= 15 is 0 Å². The second kappa shape index (κ2) is 6.39. The van der Waals surface area contributed by atoms with Gasteiger partial charge in [0, 0.05) is 37.3 Å². The molecule has 5 nitrogen and oxygen atoms in total. The van der Waals surface area contributed by atoms with E-state index in [0.29, 0.717) is 19.4 Å². The second-order valence-corrected chi connectivity index (χ2v) is 5.20. The Labute approximate surface area is 129 Å². The summed E-state index contributed by atoms with van der Waals surface area (Å²) in [5, 5.41) is 2.93. The van der Waals surface area contributed by atoms with Crippen LogP contribution in [0, 0.1) is 6.92 Å². The maximum atomic E-state index is 12.0. The SMILES string of the molecule is Cc1nc2ccccn2c1CCC(=O)NCc1ccncc1. The monoisotopic (exact) mass is 294 g/mol. The molecule has 3 heterocycles. The molecule has 3 aromatic heterocycles. The Kier molecular flexibility index (Phi) is 4.14. The first-order valence-corrected chi connectivity index (χ1v) is 7.32. The number of aromatic nitrogens is 3. The Morgan fingerprint density at radius 3 is 2.86 bits per heavy atom. The van der Waals surface area contributed by atoms with Crippen molar-refractivity contribution in [3.63, 3.8) is 0 Å². The molecular formula is C17H18N4O. The molecule has 1 amide bonds. The van der Waals surface area contributed by atoms with Crippen LogP contribution in [0.1, 0.15) is 23.4 Å². The highest BCUT2D eigenvalue weighted by molar-refractivity contribution is 5.76. The highest BCUT2D eigenvalue weighted by Crippen LogP contribution is 2.13. The Morgan fingerprint density at radius 2 is 2.05 bits per heavy atom. The van der Waals surface area contributed by atoms with E-state index in [1.165, 1.54) is 0 Å². The van der Waals surface area contributed by atoms with Crippen molar-refractivity contribution in [1.82, 2.24) is 19.7 Å². The van der Waals surface area contributed by atoms with Gasteiger partial charge in [0.25, 0.3) is 0 Å². The van der Waals surface area contributed by atoms with Gasteiger partial charge in [0.15, 0.2) is 0 Å². The van der Waals surface area contributed by atoms with Crippen molar-refractivity contribution in [2.75, 3.05) is 0 Å². The first-order valence-electron chi connectivity index (χ1n) is 7.32. The average Bonchev–Trinajstić information content (AvgIpc) is 2.87. The normalized spacial score (nSPS) is 10.8. The predicted molar refractivity (Wildman–Crippen MR) is 84.3 cm³/mol. The minimum absolute atomic E-state index is 0.0436. The van der Waals surface area contributed by atoms with Gasteiger partial charge < -0.3 is 9.72 Å². The molecule has 0 aliphatic carbocycles. The van der Waals surface area contributed by atoms with Crippen molar-refractivity contribution >= 4 is 11.6 Å². The number of hydrogen-bond donors (Lipinski definition) is 1. The molecule has 3 aromatic rings. The lowest BCUT2D eigenvalue weighted by Gasteiger charge is -2.06. The van der Waals surface area contributed by atoms with Gasteiger partial charge in [-0.2, -0.15) is 0 Å². The molecule has 0 unspecified atom stereocenters. The van der Waals surface area contributed by atoms with E-state index in [4.69, 9.17) is 0 Å². The molecule has 22 heavy (non-hydrogen) atoms. The summed E-state index contributed by atoms with van der Waals surface area (Å²) < 4.78 is 2.05. The molecule has 3 rings (SSSR count). The van der Waals surface area contributed by atoms with E-state index in [2.05, 4.69) is 15.3 Å². The maximum absolute atomic E-state index is 12.0.